The Kier molecular flexibility index (Phi) is 2.25. The van der Waals surface area contributed by atoms with Gasteiger partial charge in [-0.25, -0.2) is 0 Å². The van der Waals surface area contributed by atoms with Crippen LogP contribution in [0.3, 0.4) is 0 Å². The lowest BCUT2D eigenvalue weighted by Crippen LogP contribution is -2.28. The molecule has 0 spiro atoms. The number of rotatable bonds is 1. The smallest absolute Gasteiger partial charge is 0.163 e. The fraction of sp³-hybridized carbons (Fsp3) is 0.800. The molecule has 1 N–H and O–H groups in total. The number of ether oxygens (including phenoxy) is 2. The molecular weight excluding hydrogens is 179 g/mol. The van der Waals surface area contributed by atoms with Crippen molar-refractivity contribution in [2.24, 2.45) is 5.92 Å². The van der Waals surface area contributed by atoms with Crippen molar-refractivity contribution in [1.29, 1.82) is 0 Å². The number of fused-ring (bicyclic) bond motifs is 1. The first kappa shape index (κ1) is 10.2. The van der Waals surface area contributed by atoms with Crippen LogP contribution in [0, 0.1) is 5.92 Å². The molecule has 76 valence electrons. The van der Waals surface area contributed by atoms with E-state index in [0.717, 1.165) is 5.57 Å². The van der Waals surface area contributed by atoms with E-state index in [1.807, 2.05) is 13.8 Å². The van der Waals surface area contributed by atoms with Crippen LogP contribution in [0.25, 0.3) is 0 Å². The van der Waals surface area contributed by atoms with E-state index in [4.69, 9.17) is 17.3 Å². The van der Waals surface area contributed by atoms with Gasteiger partial charge in [-0.3, -0.25) is 0 Å². The zero-order valence-corrected chi connectivity index (χ0v) is 8.56. The van der Waals surface area contributed by atoms with Gasteiger partial charge in [0.1, 0.15) is 12.2 Å². The van der Waals surface area contributed by atoms with E-state index in [1.54, 1.807) is 0 Å². The van der Waals surface area contributed by atoms with Crippen LogP contribution in [0.5, 0.6) is 0 Å². The van der Waals surface area contributed by atoms with E-state index in [2.05, 4.69) is 6.58 Å². The first-order chi connectivity index (χ1) is 6.46. The Morgan fingerprint density at radius 1 is 1.43 bits per heavy atom. The Hall–Kier alpha value is -0.315. The number of hydrogen-bond acceptors (Lipinski definition) is 3. The van der Waals surface area contributed by atoms with E-state index in [9.17, 15) is 5.11 Å². The monoisotopic (exact) mass is 194 g/mol. The molecule has 2 fully saturated rings. The number of aliphatic hydroxyl groups excluding tert-OH is 1. The lowest BCUT2D eigenvalue weighted by Gasteiger charge is -2.23. The van der Waals surface area contributed by atoms with Gasteiger partial charge in [-0.1, -0.05) is 12.9 Å². The summed E-state index contributed by atoms with van der Waals surface area (Å²) in [4.78, 5) is 0. The van der Waals surface area contributed by atoms with Crippen molar-refractivity contribution in [3.8, 4) is 0 Å². The molecule has 0 amide bonds. The number of aliphatic hydroxyl groups is 1. The van der Waals surface area contributed by atoms with Crippen LogP contribution in [-0.4, -0.2) is 37.1 Å². The van der Waals surface area contributed by atoms with Crippen LogP contribution in [0.1, 0.15) is 13.8 Å². The summed E-state index contributed by atoms with van der Waals surface area (Å²) in [6, 6.07) is 0. The molecule has 2 aliphatic rings. The Bertz CT molecular complexity index is 264. The van der Waals surface area contributed by atoms with Crippen molar-refractivity contribution in [2.45, 2.75) is 44.3 Å². The Morgan fingerprint density at radius 3 is 2.57 bits per heavy atom. The average Bonchev–Trinajstić information content (AvgIpc) is 2.50. The molecule has 3 nitrogen and oxygen atoms in total. The maximum absolute atomic E-state index is 9.84. The summed E-state index contributed by atoms with van der Waals surface area (Å²) in [5.74, 6) is -0.610. The molecule has 0 aromatic carbocycles. The molecule has 1 aliphatic heterocycles. The third-order valence-electron chi connectivity index (χ3n) is 2.98. The highest BCUT2D eigenvalue weighted by Crippen LogP contribution is 2.44. The summed E-state index contributed by atoms with van der Waals surface area (Å²) in [5, 5.41) is 9.84. The Balaban J connectivity index is 2.23. The van der Waals surface area contributed by atoms with Gasteiger partial charge in [0.2, 0.25) is 0 Å². The van der Waals surface area contributed by atoms with Crippen molar-refractivity contribution < 1.29 is 14.6 Å². The zero-order valence-electron chi connectivity index (χ0n) is 8.56. The van der Waals surface area contributed by atoms with E-state index < -0.39 is 11.9 Å². The zero-order chi connectivity index (χ0) is 10.5. The van der Waals surface area contributed by atoms with Crippen molar-refractivity contribution in [2.75, 3.05) is 0 Å². The van der Waals surface area contributed by atoms with Gasteiger partial charge < -0.3 is 14.6 Å². The molecule has 1 heterocycles. The SMILES string of the molecule is [B]C[C@H]1C(=C)[C@H](O)C2OC(C)(C)O[C@H]21. The van der Waals surface area contributed by atoms with E-state index in [0.29, 0.717) is 6.32 Å². The van der Waals surface area contributed by atoms with E-state index in [-0.39, 0.29) is 18.1 Å². The highest BCUT2D eigenvalue weighted by Gasteiger charge is 2.54. The van der Waals surface area contributed by atoms with Crippen LogP contribution in [0.2, 0.25) is 6.32 Å². The summed E-state index contributed by atoms with van der Waals surface area (Å²) in [6.07, 6.45) is -0.643. The Labute approximate surface area is 85.5 Å². The van der Waals surface area contributed by atoms with Gasteiger partial charge in [0.05, 0.1) is 14.0 Å². The van der Waals surface area contributed by atoms with Crippen LogP contribution in [0.4, 0.5) is 0 Å². The molecule has 2 radical (unpaired) electrons. The molecule has 1 aliphatic carbocycles. The molecule has 4 atom stereocenters. The molecule has 0 aromatic heterocycles. The third-order valence-corrected chi connectivity index (χ3v) is 2.98. The number of hydrogen-bond donors (Lipinski definition) is 1. The predicted octanol–water partition coefficient (Wildman–Crippen LogP) is 0.640. The first-order valence-corrected chi connectivity index (χ1v) is 4.89. The van der Waals surface area contributed by atoms with Crippen molar-refractivity contribution >= 4 is 7.85 Å². The normalized spacial score (nSPS) is 45.5. The third kappa shape index (κ3) is 1.33. The fourth-order valence-electron chi connectivity index (χ4n) is 2.30. The summed E-state index contributed by atoms with van der Waals surface area (Å²) in [5.41, 5.74) is 0.734. The quantitative estimate of drug-likeness (QED) is 0.491. The van der Waals surface area contributed by atoms with E-state index in [1.165, 1.54) is 0 Å². The Morgan fingerprint density at radius 2 is 2.00 bits per heavy atom. The molecule has 1 saturated heterocycles. The molecule has 4 heteroatoms. The summed E-state index contributed by atoms with van der Waals surface area (Å²) < 4.78 is 11.3. The van der Waals surface area contributed by atoms with Gasteiger partial charge in [0, 0.05) is 5.92 Å². The molecule has 2 rings (SSSR count). The van der Waals surface area contributed by atoms with Crippen LogP contribution in [-0.2, 0) is 9.47 Å². The second-order valence-electron chi connectivity index (χ2n) is 4.43. The minimum atomic E-state index is -0.643. The topological polar surface area (TPSA) is 38.7 Å². The van der Waals surface area contributed by atoms with Crippen molar-refractivity contribution in [3.05, 3.63) is 12.2 Å². The second-order valence-corrected chi connectivity index (χ2v) is 4.43. The highest BCUT2D eigenvalue weighted by molar-refractivity contribution is 6.08. The average molecular weight is 194 g/mol. The summed E-state index contributed by atoms with van der Waals surface area (Å²) >= 11 is 0. The summed E-state index contributed by atoms with van der Waals surface area (Å²) in [7, 11) is 5.62. The van der Waals surface area contributed by atoms with E-state index >= 15 is 0 Å². The van der Waals surface area contributed by atoms with Crippen LogP contribution < -0.4 is 0 Å². The lowest BCUT2D eigenvalue weighted by molar-refractivity contribution is -0.160. The van der Waals surface area contributed by atoms with Gasteiger partial charge in [-0.2, -0.15) is 0 Å². The highest BCUT2D eigenvalue weighted by atomic mass is 16.8. The van der Waals surface area contributed by atoms with Crippen molar-refractivity contribution in [3.63, 3.8) is 0 Å². The molecule has 0 bridgehead atoms. The molecular formula is C10H15BO3. The van der Waals surface area contributed by atoms with Gasteiger partial charge in [-0.05, 0) is 19.4 Å². The largest absolute Gasteiger partial charge is 0.386 e. The minimum Gasteiger partial charge on any atom is -0.386 e. The van der Waals surface area contributed by atoms with Crippen molar-refractivity contribution in [1.82, 2.24) is 0 Å². The molecule has 1 unspecified atom stereocenters. The maximum atomic E-state index is 9.84. The maximum Gasteiger partial charge on any atom is 0.163 e. The summed E-state index contributed by atoms with van der Waals surface area (Å²) in [6.45, 7) is 7.51. The van der Waals surface area contributed by atoms with Gasteiger partial charge >= 0.3 is 0 Å². The second kappa shape index (κ2) is 3.09. The minimum absolute atomic E-state index is 0.0109. The van der Waals surface area contributed by atoms with Gasteiger partial charge in [-0.15, -0.1) is 0 Å². The standard InChI is InChI=1S/C10H15BO3/c1-5-6(4-11)8-9(7(5)12)14-10(2,3)13-8/h6-9,12H,1,4H2,2-3H3/t6-,7-,8-,9?/m0/s1. The van der Waals surface area contributed by atoms with Crippen LogP contribution >= 0.6 is 0 Å². The van der Waals surface area contributed by atoms with Gasteiger partial charge in [0.15, 0.2) is 5.79 Å². The first-order valence-electron chi connectivity index (χ1n) is 4.89. The predicted molar refractivity (Wildman–Crippen MR) is 53.0 cm³/mol. The molecule has 1 saturated carbocycles. The molecule has 14 heavy (non-hydrogen) atoms. The lowest BCUT2D eigenvalue weighted by atomic mass is 9.86. The van der Waals surface area contributed by atoms with Crippen LogP contribution in [0.15, 0.2) is 12.2 Å². The fourth-order valence-corrected chi connectivity index (χ4v) is 2.30. The molecule has 0 aromatic rings. The van der Waals surface area contributed by atoms with Gasteiger partial charge in [0.25, 0.3) is 0 Å².